The van der Waals surface area contributed by atoms with E-state index in [-0.39, 0.29) is 24.3 Å². The van der Waals surface area contributed by atoms with E-state index in [0.717, 1.165) is 18.7 Å². The summed E-state index contributed by atoms with van der Waals surface area (Å²) in [6.45, 7) is 3.22. The number of carbonyl (C=O) groups is 2. The summed E-state index contributed by atoms with van der Waals surface area (Å²) in [5, 5.41) is 0. The molecule has 2 saturated heterocycles. The summed E-state index contributed by atoms with van der Waals surface area (Å²) in [6, 6.07) is 7.05. The zero-order valence-corrected chi connectivity index (χ0v) is 17.9. The van der Waals surface area contributed by atoms with Gasteiger partial charge in [-0.2, -0.15) is 0 Å². The van der Waals surface area contributed by atoms with Crippen molar-refractivity contribution in [3.63, 3.8) is 0 Å². The lowest BCUT2D eigenvalue weighted by molar-refractivity contribution is -0.139. The maximum atomic E-state index is 13.0. The average Bonchev–Trinajstić information content (AvgIpc) is 3.11. The normalized spacial score (nSPS) is 19.7. The first kappa shape index (κ1) is 21.0. The van der Waals surface area contributed by atoms with Crippen molar-refractivity contribution in [2.45, 2.75) is 18.9 Å². The Bertz CT molecular complexity index is 931. The lowest BCUT2D eigenvalue weighted by Crippen LogP contribution is -2.53. The molecule has 2 fully saturated rings. The van der Waals surface area contributed by atoms with E-state index in [9.17, 15) is 9.59 Å². The maximum absolute atomic E-state index is 13.0. The quantitative estimate of drug-likeness (QED) is 0.607. The van der Waals surface area contributed by atoms with Crippen molar-refractivity contribution in [1.29, 1.82) is 0 Å². The topological polar surface area (TPSA) is 88.1 Å². The summed E-state index contributed by atoms with van der Waals surface area (Å²) in [6.07, 6.45) is 4.27. The number of benzene rings is 1. The van der Waals surface area contributed by atoms with E-state index in [0.29, 0.717) is 43.5 Å². The van der Waals surface area contributed by atoms with E-state index in [2.05, 4.69) is 19.8 Å². The molecule has 0 aliphatic carbocycles. The molecule has 3 heterocycles. The van der Waals surface area contributed by atoms with Crippen LogP contribution in [0.2, 0.25) is 0 Å². The number of rotatable bonds is 7. The molecule has 2 aliphatic heterocycles. The minimum atomic E-state index is -0.378. The molecule has 0 saturated carbocycles. The van der Waals surface area contributed by atoms with Crippen molar-refractivity contribution in [2.75, 3.05) is 51.8 Å². The molecule has 9 heteroatoms. The first-order valence-electron chi connectivity index (χ1n) is 10.4. The molecule has 1 aromatic carbocycles. The largest absolute Gasteiger partial charge is 0.493 e. The number of carbonyl (C=O) groups excluding carboxylic acids is 2. The van der Waals surface area contributed by atoms with Crippen LogP contribution in [0.25, 0.3) is 0 Å². The molecule has 1 aromatic heterocycles. The van der Waals surface area contributed by atoms with Gasteiger partial charge in [0.1, 0.15) is 0 Å². The number of nitrogens with zero attached hydrogens (tertiary/aromatic N) is 5. The van der Waals surface area contributed by atoms with Crippen molar-refractivity contribution < 1.29 is 19.1 Å². The van der Waals surface area contributed by atoms with Crippen LogP contribution in [0, 0.1) is 0 Å². The number of methoxy groups -OCH3 is 2. The SMILES string of the molecule is COc1ccc(CCN2C(=O)C[C@H](N3CCN(c4ncccn4)CC3)C2=O)cc1OC. The van der Waals surface area contributed by atoms with E-state index < -0.39 is 0 Å². The first-order valence-corrected chi connectivity index (χ1v) is 10.4. The molecule has 9 nitrogen and oxygen atoms in total. The minimum absolute atomic E-state index is 0.102. The highest BCUT2D eigenvalue weighted by atomic mass is 16.5. The maximum Gasteiger partial charge on any atom is 0.247 e. The third kappa shape index (κ3) is 4.46. The van der Waals surface area contributed by atoms with Crippen LogP contribution in [0.1, 0.15) is 12.0 Å². The van der Waals surface area contributed by atoms with Crippen molar-refractivity contribution in [3.8, 4) is 11.5 Å². The predicted octanol–water partition coefficient (Wildman–Crippen LogP) is 0.986. The highest BCUT2D eigenvalue weighted by Gasteiger charge is 2.42. The van der Waals surface area contributed by atoms with Crippen molar-refractivity contribution in [3.05, 3.63) is 42.2 Å². The zero-order chi connectivity index (χ0) is 21.8. The van der Waals surface area contributed by atoms with Crippen LogP contribution in [0.5, 0.6) is 11.5 Å². The molecule has 2 aliphatic rings. The van der Waals surface area contributed by atoms with Gasteiger partial charge < -0.3 is 14.4 Å². The van der Waals surface area contributed by atoms with Gasteiger partial charge in [0.25, 0.3) is 0 Å². The number of hydrogen-bond donors (Lipinski definition) is 0. The van der Waals surface area contributed by atoms with Gasteiger partial charge in [-0.15, -0.1) is 0 Å². The Morgan fingerprint density at radius 1 is 1.00 bits per heavy atom. The fourth-order valence-electron chi connectivity index (χ4n) is 4.15. The standard InChI is InChI=1S/C22H27N5O4/c1-30-18-5-4-16(14-19(18)31-2)6-9-27-20(28)15-17(21(27)29)25-10-12-26(13-11-25)22-23-7-3-8-24-22/h3-5,7-8,14,17H,6,9-13,15H2,1-2H3/t17-/m0/s1. The third-order valence-electron chi connectivity index (χ3n) is 5.88. The van der Waals surface area contributed by atoms with Crippen molar-refractivity contribution in [1.82, 2.24) is 19.8 Å². The molecule has 4 rings (SSSR count). The molecule has 0 radical (unpaired) electrons. The Morgan fingerprint density at radius 2 is 1.71 bits per heavy atom. The fourth-order valence-corrected chi connectivity index (χ4v) is 4.15. The van der Waals surface area contributed by atoms with Gasteiger partial charge in [0.2, 0.25) is 17.8 Å². The molecule has 2 amide bonds. The molecule has 1 atom stereocenters. The third-order valence-corrected chi connectivity index (χ3v) is 5.88. The number of ether oxygens (including phenoxy) is 2. The molecular weight excluding hydrogens is 398 g/mol. The van der Waals surface area contributed by atoms with Gasteiger partial charge in [-0.1, -0.05) is 6.07 Å². The van der Waals surface area contributed by atoms with E-state index in [1.807, 2.05) is 18.2 Å². The molecule has 164 valence electrons. The summed E-state index contributed by atoms with van der Waals surface area (Å²) in [7, 11) is 3.18. The van der Waals surface area contributed by atoms with Gasteiger partial charge in [0.15, 0.2) is 11.5 Å². The minimum Gasteiger partial charge on any atom is -0.493 e. The highest BCUT2D eigenvalue weighted by Crippen LogP contribution is 2.28. The Kier molecular flexibility index (Phi) is 6.31. The lowest BCUT2D eigenvalue weighted by Gasteiger charge is -2.36. The van der Waals surface area contributed by atoms with E-state index >= 15 is 0 Å². The fraction of sp³-hybridized carbons (Fsp3) is 0.455. The second-order valence-electron chi connectivity index (χ2n) is 7.61. The summed E-state index contributed by atoms with van der Waals surface area (Å²) in [5.41, 5.74) is 0.984. The van der Waals surface area contributed by atoms with Crippen molar-refractivity contribution in [2.24, 2.45) is 0 Å². The van der Waals surface area contributed by atoms with Gasteiger partial charge in [0.05, 0.1) is 26.7 Å². The number of imide groups is 1. The summed E-state index contributed by atoms with van der Waals surface area (Å²) in [4.78, 5) is 39.8. The Morgan fingerprint density at radius 3 is 2.39 bits per heavy atom. The monoisotopic (exact) mass is 425 g/mol. The van der Waals surface area contributed by atoms with E-state index in [1.165, 1.54) is 4.90 Å². The van der Waals surface area contributed by atoms with Gasteiger partial charge in [0, 0.05) is 45.1 Å². The van der Waals surface area contributed by atoms with Gasteiger partial charge in [-0.05, 0) is 30.2 Å². The first-order chi connectivity index (χ1) is 15.1. The Hall–Kier alpha value is -3.20. The molecule has 0 bridgehead atoms. The number of hydrogen-bond acceptors (Lipinski definition) is 8. The summed E-state index contributed by atoms with van der Waals surface area (Å²) < 4.78 is 10.6. The molecule has 0 N–H and O–H groups in total. The number of amides is 2. The molecule has 31 heavy (non-hydrogen) atoms. The van der Waals surface area contributed by atoms with E-state index in [1.54, 1.807) is 32.7 Å². The van der Waals surface area contributed by atoms with Crippen LogP contribution in [-0.4, -0.2) is 84.6 Å². The van der Waals surface area contributed by atoms with E-state index in [4.69, 9.17) is 9.47 Å². The van der Waals surface area contributed by atoms with Gasteiger partial charge in [-0.25, -0.2) is 9.97 Å². The number of piperazine rings is 1. The molecular formula is C22H27N5O4. The smallest absolute Gasteiger partial charge is 0.247 e. The zero-order valence-electron chi connectivity index (χ0n) is 17.9. The predicted molar refractivity (Wildman–Crippen MR) is 114 cm³/mol. The summed E-state index contributed by atoms with van der Waals surface area (Å²) >= 11 is 0. The Balaban J connectivity index is 1.34. The Labute approximate surface area is 181 Å². The van der Waals surface area contributed by atoms with Crippen LogP contribution in [0.3, 0.4) is 0 Å². The van der Waals surface area contributed by atoms with Gasteiger partial charge in [-0.3, -0.25) is 19.4 Å². The van der Waals surface area contributed by atoms with Crippen LogP contribution in [0.4, 0.5) is 5.95 Å². The molecule has 0 unspecified atom stereocenters. The molecule has 0 spiro atoms. The number of anilines is 1. The second-order valence-corrected chi connectivity index (χ2v) is 7.61. The van der Waals surface area contributed by atoms with Crippen LogP contribution in [-0.2, 0) is 16.0 Å². The molecule has 2 aromatic rings. The number of aromatic nitrogens is 2. The number of likely N-dealkylation sites (tertiary alicyclic amines) is 1. The highest BCUT2D eigenvalue weighted by molar-refractivity contribution is 6.05. The average molecular weight is 425 g/mol. The lowest BCUT2D eigenvalue weighted by atomic mass is 10.1. The van der Waals surface area contributed by atoms with Crippen LogP contribution >= 0.6 is 0 Å². The van der Waals surface area contributed by atoms with Crippen LogP contribution < -0.4 is 14.4 Å². The summed E-state index contributed by atoms with van der Waals surface area (Å²) in [5.74, 6) is 1.78. The van der Waals surface area contributed by atoms with Crippen LogP contribution in [0.15, 0.2) is 36.7 Å². The van der Waals surface area contributed by atoms with Gasteiger partial charge >= 0.3 is 0 Å². The van der Waals surface area contributed by atoms with Crippen molar-refractivity contribution >= 4 is 17.8 Å². The second kappa shape index (κ2) is 9.30.